The fourth-order valence-corrected chi connectivity index (χ4v) is 4.12. The number of hydrogen-bond donors (Lipinski definition) is 2. The van der Waals surface area contributed by atoms with Gasteiger partial charge in [-0.2, -0.15) is 0 Å². The minimum atomic E-state index is -0.657. The van der Waals surface area contributed by atoms with E-state index in [1.807, 2.05) is 25.2 Å². The van der Waals surface area contributed by atoms with Gasteiger partial charge in [-0.3, -0.25) is 10.0 Å². The standard InChI is InChI=1S/C22H20N2O3S/c1-24(18-9-10-20-17(13-18)14-21(27-20)22(25)23-26)28-12-11-16-7-4-6-15-5-2-3-8-19(15)16/h2-10,13-14,26H,11-12H2,1H3,(H,23,25). The first kappa shape index (κ1) is 18.4. The van der Waals surface area contributed by atoms with Crippen LogP contribution in [0.2, 0.25) is 0 Å². The first-order valence-electron chi connectivity index (χ1n) is 8.97. The van der Waals surface area contributed by atoms with Gasteiger partial charge in [0.2, 0.25) is 0 Å². The number of nitrogens with one attached hydrogen (secondary N) is 1. The molecule has 0 aliphatic rings. The SMILES string of the molecule is CN(SCCc1cccc2ccccc12)c1ccc2oc(C(=O)NO)cc2c1. The van der Waals surface area contributed by atoms with Crippen molar-refractivity contribution in [2.45, 2.75) is 6.42 Å². The molecule has 3 aromatic carbocycles. The number of anilines is 1. The molecule has 1 heterocycles. The Balaban J connectivity index is 1.44. The summed E-state index contributed by atoms with van der Waals surface area (Å²) in [5.74, 6) is 0.378. The molecule has 5 nitrogen and oxygen atoms in total. The lowest BCUT2D eigenvalue weighted by Crippen LogP contribution is -2.17. The Morgan fingerprint density at radius 3 is 2.75 bits per heavy atom. The lowest BCUT2D eigenvalue weighted by Gasteiger charge is -2.18. The first-order chi connectivity index (χ1) is 13.7. The van der Waals surface area contributed by atoms with E-state index in [1.165, 1.54) is 16.3 Å². The van der Waals surface area contributed by atoms with Gasteiger partial charge in [0, 0.05) is 23.9 Å². The van der Waals surface area contributed by atoms with Crippen molar-refractivity contribution in [1.82, 2.24) is 5.48 Å². The Bertz CT molecular complexity index is 1130. The summed E-state index contributed by atoms with van der Waals surface area (Å²) in [6.07, 6.45) is 0.977. The van der Waals surface area contributed by atoms with Crippen LogP contribution in [0.3, 0.4) is 0 Å². The summed E-state index contributed by atoms with van der Waals surface area (Å²) in [6, 6.07) is 22.3. The number of hydrogen-bond acceptors (Lipinski definition) is 5. The molecule has 0 aliphatic carbocycles. The zero-order valence-corrected chi connectivity index (χ0v) is 16.2. The minimum Gasteiger partial charge on any atom is -0.451 e. The second-order valence-electron chi connectivity index (χ2n) is 6.49. The number of nitrogens with zero attached hydrogens (tertiary/aromatic N) is 1. The summed E-state index contributed by atoms with van der Waals surface area (Å²) >= 11 is 1.74. The summed E-state index contributed by atoms with van der Waals surface area (Å²) in [5.41, 5.74) is 4.57. The maximum absolute atomic E-state index is 11.5. The van der Waals surface area contributed by atoms with Crippen LogP contribution in [-0.4, -0.2) is 23.9 Å². The second kappa shape index (κ2) is 7.96. The van der Waals surface area contributed by atoms with E-state index in [0.717, 1.165) is 23.2 Å². The Morgan fingerprint density at radius 1 is 1.07 bits per heavy atom. The predicted molar refractivity (Wildman–Crippen MR) is 114 cm³/mol. The van der Waals surface area contributed by atoms with Crippen LogP contribution in [0.25, 0.3) is 21.7 Å². The van der Waals surface area contributed by atoms with Gasteiger partial charge in [0.05, 0.1) is 0 Å². The quantitative estimate of drug-likeness (QED) is 0.274. The number of aryl methyl sites for hydroxylation is 1. The van der Waals surface area contributed by atoms with E-state index in [4.69, 9.17) is 9.62 Å². The van der Waals surface area contributed by atoms with Crippen molar-refractivity contribution in [3.05, 3.63) is 78.1 Å². The number of carbonyl (C=O) groups is 1. The first-order valence-corrected chi connectivity index (χ1v) is 9.91. The summed E-state index contributed by atoms with van der Waals surface area (Å²) in [6.45, 7) is 0. The van der Waals surface area contributed by atoms with Crippen LogP contribution in [0.15, 0.2) is 71.1 Å². The van der Waals surface area contributed by atoms with Crippen molar-refractivity contribution < 1.29 is 14.4 Å². The van der Waals surface area contributed by atoms with E-state index >= 15 is 0 Å². The highest BCUT2D eigenvalue weighted by Gasteiger charge is 2.12. The normalized spacial score (nSPS) is 11.1. The average molecular weight is 392 g/mol. The summed E-state index contributed by atoms with van der Waals surface area (Å²) in [7, 11) is 2.02. The number of amides is 1. The maximum Gasteiger partial charge on any atom is 0.310 e. The fourth-order valence-electron chi connectivity index (χ4n) is 3.27. The molecule has 28 heavy (non-hydrogen) atoms. The third-order valence-corrected chi connectivity index (χ3v) is 5.71. The third-order valence-electron chi connectivity index (χ3n) is 4.73. The van der Waals surface area contributed by atoms with E-state index < -0.39 is 5.91 Å². The molecule has 4 aromatic rings. The maximum atomic E-state index is 11.5. The van der Waals surface area contributed by atoms with E-state index in [-0.39, 0.29) is 5.76 Å². The molecule has 4 rings (SSSR count). The summed E-state index contributed by atoms with van der Waals surface area (Å²) in [5, 5.41) is 12.1. The summed E-state index contributed by atoms with van der Waals surface area (Å²) in [4.78, 5) is 11.5. The van der Waals surface area contributed by atoms with E-state index in [1.54, 1.807) is 23.5 Å². The van der Waals surface area contributed by atoms with Gasteiger partial charge >= 0.3 is 5.91 Å². The molecular weight excluding hydrogens is 372 g/mol. The molecule has 0 bridgehead atoms. The van der Waals surface area contributed by atoms with Crippen LogP contribution in [-0.2, 0) is 6.42 Å². The number of carbonyl (C=O) groups excluding carboxylic acids is 1. The van der Waals surface area contributed by atoms with Crippen molar-refractivity contribution in [3.8, 4) is 0 Å². The van der Waals surface area contributed by atoms with Crippen molar-refractivity contribution in [2.75, 3.05) is 17.1 Å². The molecule has 0 saturated carbocycles. The molecule has 0 atom stereocenters. The number of furan rings is 1. The van der Waals surface area contributed by atoms with Gasteiger partial charge in [0.25, 0.3) is 0 Å². The van der Waals surface area contributed by atoms with Crippen LogP contribution in [0.5, 0.6) is 0 Å². The zero-order chi connectivity index (χ0) is 19.5. The van der Waals surface area contributed by atoms with Gasteiger partial charge in [0.15, 0.2) is 5.76 Å². The van der Waals surface area contributed by atoms with Gasteiger partial charge < -0.3 is 8.72 Å². The molecule has 0 saturated heterocycles. The summed E-state index contributed by atoms with van der Waals surface area (Å²) < 4.78 is 7.55. The predicted octanol–water partition coefficient (Wildman–Crippen LogP) is 5.03. The van der Waals surface area contributed by atoms with Crippen LogP contribution >= 0.6 is 11.9 Å². The minimum absolute atomic E-state index is 0.0842. The average Bonchev–Trinajstić information content (AvgIpc) is 3.16. The van der Waals surface area contributed by atoms with Crippen LogP contribution in [0.4, 0.5) is 5.69 Å². The monoisotopic (exact) mass is 392 g/mol. The van der Waals surface area contributed by atoms with Crippen LogP contribution in [0, 0.1) is 0 Å². The zero-order valence-electron chi connectivity index (χ0n) is 15.4. The van der Waals surface area contributed by atoms with E-state index in [2.05, 4.69) is 46.8 Å². The highest BCUT2D eigenvalue weighted by molar-refractivity contribution is 8.00. The van der Waals surface area contributed by atoms with Gasteiger partial charge in [-0.1, -0.05) is 42.5 Å². The number of hydroxylamine groups is 1. The molecular formula is C22H20N2O3S. The van der Waals surface area contributed by atoms with Crippen molar-refractivity contribution in [2.24, 2.45) is 0 Å². The third kappa shape index (κ3) is 3.69. The fraction of sp³-hybridized carbons (Fsp3) is 0.136. The molecule has 0 fully saturated rings. The van der Waals surface area contributed by atoms with Crippen LogP contribution in [0.1, 0.15) is 16.1 Å². The molecule has 0 spiro atoms. The van der Waals surface area contributed by atoms with Gasteiger partial charge in [-0.05, 0) is 59.0 Å². The van der Waals surface area contributed by atoms with Crippen LogP contribution < -0.4 is 9.79 Å². The Labute approximate surface area is 167 Å². The van der Waals surface area contributed by atoms with Crippen molar-refractivity contribution >= 4 is 45.3 Å². The molecule has 1 amide bonds. The van der Waals surface area contributed by atoms with Gasteiger partial charge in [0.1, 0.15) is 5.58 Å². The molecule has 0 radical (unpaired) electrons. The molecule has 142 valence electrons. The lowest BCUT2D eigenvalue weighted by atomic mass is 10.0. The highest BCUT2D eigenvalue weighted by Crippen LogP contribution is 2.28. The van der Waals surface area contributed by atoms with Crippen molar-refractivity contribution in [1.29, 1.82) is 0 Å². The lowest BCUT2D eigenvalue weighted by molar-refractivity contribution is 0.0678. The van der Waals surface area contributed by atoms with E-state index in [9.17, 15) is 4.79 Å². The van der Waals surface area contributed by atoms with Gasteiger partial charge in [-0.15, -0.1) is 0 Å². The smallest absolute Gasteiger partial charge is 0.310 e. The molecule has 1 aromatic heterocycles. The molecule has 0 aliphatic heterocycles. The molecule has 0 unspecified atom stereocenters. The number of rotatable bonds is 6. The highest BCUT2D eigenvalue weighted by atomic mass is 32.2. The number of fused-ring (bicyclic) bond motifs is 2. The molecule has 6 heteroatoms. The molecule has 2 N–H and O–H groups in total. The van der Waals surface area contributed by atoms with Gasteiger partial charge in [-0.25, -0.2) is 5.48 Å². The topological polar surface area (TPSA) is 65.7 Å². The van der Waals surface area contributed by atoms with Crippen molar-refractivity contribution in [3.63, 3.8) is 0 Å². The van der Waals surface area contributed by atoms with E-state index in [0.29, 0.717) is 5.58 Å². The Kier molecular flexibility index (Phi) is 5.23. The Hall–Kier alpha value is -2.96. The Morgan fingerprint density at radius 2 is 1.89 bits per heavy atom. The largest absolute Gasteiger partial charge is 0.451 e. The second-order valence-corrected chi connectivity index (χ2v) is 7.71. The number of benzene rings is 3.